The van der Waals surface area contributed by atoms with Crippen LogP contribution in [-0.4, -0.2) is 28.0 Å². The minimum Gasteiger partial charge on any atom is -0.379 e. The first kappa shape index (κ1) is 12.4. The predicted molar refractivity (Wildman–Crippen MR) is 69.2 cm³/mol. The van der Waals surface area contributed by atoms with Crippen molar-refractivity contribution in [3.8, 4) is 0 Å². The molecular formula is C13H23N3O. The SMILES string of the molecule is CCC1(C)CC(Nc2cn(C)nc2C)CCO1. The molecule has 4 nitrogen and oxygen atoms in total. The molecule has 1 aliphatic rings. The van der Waals surface area contributed by atoms with Crippen LogP contribution < -0.4 is 5.32 Å². The second kappa shape index (κ2) is 4.69. The van der Waals surface area contributed by atoms with Crippen molar-refractivity contribution in [2.24, 2.45) is 7.05 Å². The fraction of sp³-hybridized carbons (Fsp3) is 0.769. The molecule has 1 saturated heterocycles. The molecule has 1 fully saturated rings. The van der Waals surface area contributed by atoms with Crippen LogP contribution in [0.25, 0.3) is 0 Å². The summed E-state index contributed by atoms with van der Waals surface area (Å²) in [6.45, 7) is 7.29. The van der Waals surface area contributed by atoms with Gasteiger partial charge < -0.3 is 10.1 Å². The maximum Gasteiger partial charge on any atom is 0.0825 e. The molecule has 0 radical (unpaired) electrons. The molecule has 17 heavy (non-hydrogen) atoms. The Morgan fingerprint density at radius 2 is 2.41 bits per heavy atom. The van der Waals surface area contributed by atoms with Crippen LogP contribution in [0.1, 0.15) is 38.8 Å². The van der Waals surface area contributed by atoms with Gasteiger partial charge in [-0.3, -0.25) is 4.68 Å². The van der Waals surface area contributed by atoms with E-state index in [2.05, 4.69) is 24.3 Å². The van der Waals surface area contributed by atoms with Gasteiger partial charge in [0.05, 0.1) is 17.0 Å². The summed E-state index contributed by atoms with van der Waals surface area (Å²) in [6, 6.07) is 0.497. The van der Waals surface area contributed by atoms with Crippen molar-refractivity contribution in [1.82, 2.24) is 9.78 Å². The Hall–Kier alpha value is -1.03. The number of anilines is 1. The zero-order valence-electron chi connectivity index (χ0n) is 11.3. The van der Waals surface area contributed by atoms with Crippen LogP contribution in [-0.2, 0) is 11.8 Å². The molecule has 0 amide bonds. The van der Waals surface area contributed by atoms with Gasteiger partial charge >= 0.3 is 0 Å². The monoisotopic (exact) mass is 237 g/mol. The summed E-state index contributed by atoms with van der Waals surface area (Å²) in [6.07, 6.45) is 5.26. The van der Waals surface area contributed by atoms with Crippen molar-refractivity contribution in [2.45, 2.75) is 51.7 Å². The first-order valence-electron chi connectivity index (χ1n) is 6.43. The third-order valence-electron chi connectivity index (χ3n) is 3.72. The molecule has 1 aromatic rings. The van der Waals surface area contributed by atoms with Gasteiger partial charge in [0.15, 0.2) is 0 Å². The van der Waals surface area contributed by atoms with Crippen molar-refractivity contribution in [3.63, 3.8) is 0 Å². The molecule has 0 aliphatic carbocycles. The van der Waals surface area contributed by atoms with E-state index in [1.807, 2.05) is 24.9 Å². The molecule has 1 N–H and O–H groups in total. The minimum absolute atomic E-state index is 0.0338. The number of hydrogen-bond acceptors (Lipinski definition) is 3. The molecule has 0 bridgehead atoms. The summed E-state index contributed by atoms with van der Waals surface area (Å²) >= 11 is 0. The Balaban J connectivity index is 2.02. The second-order valence-electron chi connectivity index (χ2n) is 5.29. The molecule has 1 aromatic heterocycles. The molecule has 1 aliphatic heterocycles. The highest BCUT2D eigenvalue weighted by atomic mass is 16.5. The van der Waals surface area contributed by atoms with E-state index in [4.69, 9.17) is 4.74 Å². The molecule has 0 spiro atoms. The van der Waals surface area contributed by atoms with Crippen LogP contribution >= 0.6 is 0 Å². The minimum atomic E-state index is 0.0338. The van der Waals surface area contributed by atoms with Gasteiger partial charge in [0.2, 0.25) is 0 Å². The normalized spacial score (nSPS) is 29.3. The van der Waals surface area contributed by atoms with Gasteiger partial charge in [-0.2, -0.15) is 5.10 Å². The Labute approximate surface area is 103 Å². The highest BCUT2D eigenvalue weighted by Gasteiger charge is 2.31. The lowest BCUT2D eigenvalue weighted by atomic mass is 9.90. The molecular weight excluding hydrogens is 214 g/mol. The largest absolute Gasteiger partial charge is 0.379 e. The van der Waals surface area contributed by atoms with Crippen LogP contribution in [0.15, 0.2) is 6.20 Å². The average Bonchev–Trinajstić information content (AvgIpc) is 2.58. The Morgan fingerprint density at radius 3 is 3.00 bits per heavy atom. The number of hydrogen-bond donors (Lipinski definition) is 1. The summed E-state index contributed by atoms with van der Waals surface area (Å²) < 4.78 is 7.71. The highest BCUT2D eigenvalue weighted by Crippen LogP contribution is 2.29. The Morgan fingerprint density at radius 1 is 1.65 bits per heavy atom. The van der Waals surface area contributed by atoms with Crippen molar-refractivity contribution >= 4 is 5.69 Å². The number of nitrogens with one attached hydrogen (secondary N) is 1. The molecule has 4 heteroatoms. The first-order chi connectivity index (χ1) is 8.02. The molecule has 2 unspecified atom stereocenters. The smallest absolute Gasteiger partial charge is 0.0825 e. The number of rotatable bonds is 3. The summed E-state index contributed by atoms with van der Waals surface area (Å²) in [5, 5.41) is 7.95. The summed E-state index contributed by atoms with van der Waals surface area (Å²) in [7, 11) is 1.96. The maximum absolute atomic E-state index is 5.86. The van der Waals surface area contributed by atoms with Gasteiger partial charge in [0.1, 0.15) is 0 Å². The van der Waals surface area contributed by atoms with Crippen LogP contribution in [0.4, 0.5) is 5.69 Å². The lowest BCUT2D eigenvalue weighted by Gasteiger charge is -2.38. The topological polar surface area (TPSA) is 39.1 Å². The van der Waals surface area contributed by atoms with E-state index in [9.17, 15) is 0 Å². The number of ether oxygens (including phenoxy) is 1. The quantitative estimate of drug-likeness (QED) is 0.878. The van der Waals surface area contributed by atoms with Crippen molar-refractivity contribution in [3.05, 3.63) is 11.9 Å². The fourth-order valence-electron chi connectivity index (χ4n) is 2.46. The number of aromatic nitrogens is 2. The molecule has 0 saturated carbocycles. The van der Waals surface area contributed by atoms with Gasteiger partial charge in [-0.05, 0) is 33.1 Å². The fourth-order valence-corrected chi connectivity index (χ4v) is 2.46. The predicted octanol–water partition coefficient (Wildman–Crippen LogP) is 2.49. The van der Waals surface area contributed by atoms with Gasteiger partial charge in [-0.1, -0.05) is 6.92 Å². The van der Waals surface area contributed by atoms with Gasteiger partial charge in [-0.25, -0.2) is 0 Å². The second-order valence-corrected chi connectivity index (χ2v) is 5.29. The van der Waals surface area contributed by atoms with Crippen LogP contribution in [0, 0.1) is 6.92 Å². The molecule has 96 valence electrons. The van der Waals surface area contributed by atoms with Crippen molar-refractivity contribution in [2.75, 3.05) is 11.9 Å². The zero-order valence-corrected chi connectivity index (χ0v) is 11.3. The first-order valence-corrected chi connectivity index (χ1v) is 6.43. The van der Waals surface area contributed by atoms with Crippen LogP contribution in [0.5, 0.6) is 0 Å². The Bertz CT molecular complexity index is 388. The zero-order chi connectivity index (χ0) is 12.5. The summed E-state index contributed by atoms with van der Waals surface area (Å²) in [5.74, 6) is 0. The van der Waals surface area contributed by atoms with E-state index in [0.29, 0.717) is 6.04 Å². The van der Waals surface area contributed by atoms with E-state index in [1.54, 1.807) is 0 Å². The lowest BCUT2D eigenvalue weighted by molar-refractivity contribution is -0.0708. The van der Waals surface area contributed by atoms with Gasteiger partial charge in [0.25, 0.3) is 0 Å². The van der Waals surface area contributed by atoms with Gasteiger partial charge in [0, 0.05) is 25.9 Å². The highest BCUT2D eigenvalue weighted by molar-refractivity contribution is 5.46. The van der Waals surface area contributed by atoms with E-state index in [0.717, 1.165) is 37.3 Å². The third-order valence-corrected chi connectivity index (χ3v) is 3.72. The van der Waals surface area contributed by atoms with Crippen LogP contribution in [0.2, 0.25) is 0 Å². The molecule has 0 aromatic carbocycles. The van der Waals surface area contributed by atoms with Crippen molar-refractivity contribution in [1.29, 1.82) is 0 Å². The van der Waals surface area contributed by atoms with E-state index in [-0.39, 0.29) is 5.60 Å². The molecule has 2 atom stereocenters. The van der Waals surface area contributed by atoms with Gasteiger partial charge in [-0.15, -0.1) is 0 Å². The summed E-state index contributed by atoms with van der Waals surface area (Å²) in [4.78, 5) is 0. The lowest BCUT2D eigenvalue weighted by Crippen LogP contribution is -2.41. The summed E-state index contributed by atoms with van der Waals surface area (Å²) in [5.41, 5.74) is 2.25. The molecule has 2 rings (SSSR count). The Kier molecular flexibility index (Phi) is 3.43. The standard InChI is InChI=1S/C13H23N3O/c1-5-13(3)8-11(6-7-17-13)14-12-9-16(4)15-10(12)2/h9,11,14H,5-8H2,1-4H3. The maximum atomic E-state index is 5.86. The number of nitrogens with zero attached hydrogens (tertiary/aromatic N) is 2. The number of aryl methyl sites for hydroxylation is 2. The average molecular weight is 237 g/mol. The van der Waals surface area contributed by atoms with E-state index >= 15 is 0 Å². The van der Waals surface area contributed by atoms with Crippen LogP contribution in [0.3, 0.4) is 0 Å². The van der Waals surface area contributed by atoms with Crippen molar-refractivity contribution < 1.29 is 4.74 Å². The molecule has 2 heterocycles. The van der Waals surface area contributed by atoms with E-state index < -0.39 is 0 Å². The third kappa shape index (κ3) is 2.80. The van der Waals surface area contributed by atoms with E-state index in [1.165, 1.54) is 0 Å².